The first-order valence-electron chi connectivity index (χ1n) is 8.62. The van der Waals surface area contributed by atoms with Crippen LogP contribution in [0.25, 0.3) is 10.9 Å². The molecule has 3 rings (SSSR count). The summed E-state index contributed by atoms with van der Waals surface area (Å²) in [6.07, 6.45) is -4.18. The second kappa shape index (κ2) is 8.26. The molecule has 1 atom stereocenters. The maximum Gasteiger partial charge on any atom is 0.573 e. The molecule has 2 aromatic carbocycles. The first kappa shape index (κ1) is 20.2. The summed E-state index contributed by atoms with van der Waals surface area (Å²) in [6.45, 7) is 1.41. The standard InChI is InChI=1S/C20H17F3N2O4/c1-12(19(27)25-14-6-8-15(9-7-14)29-20(21,22)23)28-18(26)10-13-11-24-17-5-3-2-4-16(13)17/h2-9,11-12,24H,10H2,1H3,(H,25,27). The highest BCUT2D eigenvalue weighted by atomic mass is 19.4. The van der Waals surface area contributed by atoms with Crippen LogP contribution < -0.4 is 10.1 Å². The Balaban J connectivity index is 1.54. The Morgan fingerprint density at radius 2 is 1.79 bits per heavy atom. The van der Waals surface area contributed by atoms with Gasteiger partial charge in [-0.25, -0.2) is 0 Å². The van der Waals surface area contributed by atoms with Crippen molar-refractivity contribution in [1.82, 2.24) is 4.98 Å². The average Bonchev–Trinajstić information content (AvgIpc) is 3.05. The highest BCUT2D eigenvalue weighted by Gasteiger charge is 2.31. The van der Waals surface area contributed by atoms with Crippen molar-refractivity contribution in [2.45, 2.75) is 25.8 Å². The van der Waals surface area contributed by atoms with Crippen LogP contribution in [0.1, 0.15) is 12.5 Å². The molecular formula is C20H17F3N2O4. The zero-order valence-corrected chi connectivity index (χ0v) is 15.2. The average molecular weight is 406 g/mol. The summed E-state index contributed by atoms with van der Waals surface area (Å²) < 4.78 is 45.4. The van der Waals surface area contributed by atoms with Crippen molar-refractivity contribution in [1.29, 1.82) is 0 Å². The van der Waals surface area contributed by atoms with Crippen LogP contribution in [0.3, 0.4) is 0 Å². The van der Waals surface area contributed by atoms with Crippen LogP contribution in [0.5, 0.6) is 5.75 Å². The van der Waals surface area contributed by atoms with Gasteiger partial charge in [-0.05, 0) is 42.8 Å². The van der Waals surface area contributed by atoms with E-state index in [1.165, 1.54) is 19.1 Å². The molecule has 1 amide bonds. The van der Waals surface area contributed by atoms with Gasteiger partial charge in [-0.2, -0.15) is 0 Å². The number of carbonyl (C=O) groups excluding carboxylic acids is 2. The van der Waals surface area contributed by atoms with E-state index in [1.54, 1.807) is 6.20 Å². The second-order valence-corrected chi connectivity index (χ2v) is 6.23. The van der Waals surface area contributed by atoms with Crippen LogP contribution in [0.2, 0.25) is 0 Å². The molecule has 0 spiro atoms. The molecular weight excluding hydrogens is 389 g/mol. The number of amides is 1. The Kier molecular flexibility index (Phi) is 5.76. The third-order valence-corrected chi connectivity index (χ3v) is 4.04. The lowest BCUT2D eigenvalue weighted by atomic mass is 10.1. The number of carbonyl (C=O) groups is 2. The molecule has 0 saturated heterocycles. The number of nitrogens with one attached hydrogen (secondary N) is 2. The van der Waals surface area contributed by atoms with Gasteiger partial charge in [0.25, 0.3) is 5.91 Å². The quantitative estimate of drug-likeness (QED) is 0.602. The van der Waals surface area contributed by atoms with Crippen LogP contribution in [0, 0.1) is 0 Å². The van der Waals surface area contributed by atoms with Gasteiger partial charge in [0.05, 0.1) is 6.42 Å². The maximum absolute atomic E-state index is 12.2. The van der Waals surface area contributed by atoms with Crippen molar-refractivity contribution in [3.8, 4) is 5.75 Å². The Hall–Kier alpha value is -3.49. The molecule has 2 N–H and O–H groups in total. The van der Waals surface area contributed by atoms with Crippen LogP contribution in [0.4, 0.5) is 18.9 Å². The first-order chi connectivity index (χ1) is 13.7. The molecule has 0 fully saturated rings. The fourth-order valence-corrected chi connectivity index (χ4v) is 2.71. The molecule has 1 aromatic heterocycles. The predicted molar refractivity (Wildman–Crippen MR) is 99.3 cm³/mol. The summed E-state index contributed by atoms with van der Waals surface area (Å²) in [6, 6.07) is 12.1. The molecule has 29 heavy (non-hydrogen) atoms. The molecule has 0 bridgehead atoms. The number of hydrogen-bond acceptors (Lipinski definition) is 4. The van der Waals surface area contributed by atoms with Gasteiger partial charge in [0, 0.05) is 22.8 Å². The van der Waals surface area contributed by atoms with E-state index in [0.717, 1.165) is 28.6 Å². The molecule has 0 aliphatic rings. The largest absolute Gasteiger partial charge is 0.573 e. The van der Waals surface area contributed by atoms with Gasteiger partial charge >= 0.3 is 12.3 Å². The smallest absolute Gasteiger partial charge is 0.452 e. The molecule has 1 heterocycles. The number of alkyl halides is 3. The molecule has 6 nitrogen and oxygen atoms in total. The molecule has 0 saturated carbocycles. The van der Waals surface area contributed by atoms with Gasteiger partial charge in [0.1, 0.15) is 5.75 Å². The lowest BCUT2D eigenvalue weighted by Crippen LogP contribution is -2.30. The van der Waals surface area contributed by atoms with Gasteiger partial charge in [-0.1, -0.05) is 18.2 Å². The topological polar surface area (TPSA) is 80.4 Å². The Morgan fingerprint density at radius 3 is 2.48 bits per heavy atom. The summed E-state index contributed by atoms with van der Waals surface area (Å²) in [5, 5.41) is 3.36. The van der Waals surface area contributed by atoms with E-state index >= 15 is 0 Å². The molecule has 0 radical (unpaired) electrons. The summed E-state index contributed by atoms with van der Waals surface area (Å²) in [5.74, 6) is -1.60. The number of ether oxygens (including phenoxy) is 2. The number of para-hydroxylation sites is 1. The van der Waals surface area contributed by atoms with Crippen molar-refractivity contribution < 1.29 is 32.2 Å². The monoisotopic (exact) mass is 406 g/mol. The number of rotatable bonds is 6. The van der Waals surface area contributed by atoms with Gasteiger partial charge in [-0.3, -0.25) is 9.59 Å². The highest BCUT2D eigenvalue weighted by molar-refractivity contribution is 5.95. The second-order valence-electron chi connectivity index (χ2n) is 6.23. The van der Waals surface area contributed by atoms with Crippen LogP contribution >= 0.6 is 0 Å². The number of hydrogen-bond donors (Lipinski definition) is 2. The van der Waals surface area contributed by atoms with Gasteiger partial charge in [0.2, 0.25) is 0 Å². The summed E-state index contributed by atoms with van der Waals surface area (Å²) in [5.41, 5.74) is 1.88. The Bertz CT molecular complexity index is 1010. The number of anilines is 1. The fourth-order valence-electron chi connectivity index (χ4n) is 2.71. The number of H-pyrrole nitrogens is 1. The summed E-state index contributed by atoms with van der Waals surface area (Å²) in [7, 11) is 0. The number of halogens is 3. The molecule has 0 aliphatic carbocycles. The van der Waals surface area contributed by atoms with Gasteiger partial charge < -0.3 is 19.8 Å². The minimum Gasteiger partial charge on any atom is -0.452 e. The zero-order chi connectivity index (χ0) is 21.0. The Morgan fingerprint density at radius 1 is 1.10 bits per heavy atom. The fraction of sp³-hybridized carbons (Fsp3) is 0.200. The van der Waals surface area contributed by atoms with E-state index in [0.29, 0.717) is 0 Å². The van der Waals surface area contributed by atoms with Crippen molar-refractivity contribution >= 4 is 28.5 Å². The summed E-state index contributed by atoms with van der Waals surface area (Å²) >= 11 is 0. The molecule has 152 valence electrons. The van der Waals surface area contributed by atoms with Crippen LogP contribution in [-0.4, -0.2) is 29.3 Å². The Labute approximate surface area is 163 Å². The van der Waals surface area contributed by atoms with Crippen molar-refractivity contribution in [2.75, 3.05) is 5.32 Å². The number of aromatic amines is 1. The minimum absolute atomic E-state index is 0.00882. The number of esters is 1. The van der Waals surface area contributed by atoms with Crippen molar-refractivity contribution in [3.63, 3.8) is 0 Å². The van der Waals surface area contributed by atoms with Crippen LogP contribution in [0.15, 0.2) is 54.7 Å². The van der Waals surface area contributed by atoms with Crippen molar-refractivity contribution in [3.05, 3.63) is 60.3 Å². The van der Waals surface area contributed by atoms with E-state index in [4.69, 9.17) is 4.74 Å². The van der Waals surface area contributed by atoms with E-state index in [1.807, 2.05) is 24.3 Å². The number of benzene rings is 2. The maximum atomic E-state index is 12.2. The van der Waals surface area contributed by atoms with E-state index in [2.05, 4.69) is 15.0 Å². The van der Waals surface area contributed by atoms with Crippen molar-refractivity contribution in [2.24, 2.45) is 0 Å². The lowest BCUT2D eigenvalue weighted by Gasteiger charge is -2.14. The third-order valence-electron chi connectivity index (χ3n) is 4.04. The number of fused-ring (bicyclic) bond motifs is 1. The lowest BCUT2D eigenvalue weighted by molar-refractivity contribution is -0.274. The first-order valence-corrected chi connectivity index (χ1v) is 8.62. The third kappa shape index (κ3) is 5.50. The van der Waals surface area contributed by atoms with Gasteiger partial charge in [0.15, 0.2) is 6.10 Å². The molecule has 1 unspecified atom stereocenters. The zero-order valence-electron chi connectivity index (χ0n) is 15.2. The normalized spacial score (nSPS) is 12.4. The highest BCUT2D eigenvalue weighted by Crippen LogP contribution is 2.24. The number of aromatic nitrogens is 1. The molecule has 9 heteroatoms. The van der Waals surface area contributed by atoms with Crippen LogP contribution in [-0.2, 0) is 20.7 Å². The van der Waals surface area contributed by atoms with E-state index in [9.17, 15) is 22.8 Å². The summed E-state index contributed by atoms with van der Waals surface area (Å²) in [4.78, 5) is 27.4. The van der Waals surface area contributed by atoms with E-state index < -0.39 is 30.1 Å². The molecule has 3 aromatic rings. The predicted octanol–water partition coefficient (Wildman–Crippen LogP) is 4.18. The molecule has 0 aliphatic heterocycles. The minimum atomic E-state index is -4.79. The van der Waals surface area contributed by atoms with Gasteiger partial charge in [-0.15, -0.1) is 13.2 Å². The van der Waals surface area contributed by atoms with E-state index in [-0.39, 0.29) is 12.1 Å². The SMILES string of the molecule is CC(OC(=O)Cc1c[nH]c2ccccc12)C(=O)Nc1ccc(OC(F)(F)F)cc1.